The van der Waals surface area contributed by atoms with Crippen molar-refractivity contribution in [2.45, 2.75) is 52.4 Å². The summed E-state index contributed by atoms with van der Waals surface area (Å²) < 4.78 is 0. The molecule has 0 radical (unpaired) electrons. The normalized spacial score (nSPS) is 21.6. The predicted octanol–water partition coefficient (Wildman–Crippen LogP) is 3.63. The Morgan fingerprint density at radius 3 is 2.37 bits per heavy atom. The van der Waals surface area contributed by atoms with Crippen LogP contribution >= 0.6 is 0 Å². The van der Waals surface area contributed by atoms with E-state index in [1.807, 2.05) is 11.0 Å². The minimum atomic E-state index is -0.139. The lowest BCUT2D eigenvalue weighted by molar-refractivity contribution is -0.138. The molecular formula is C22H32N2O3. The fourth-order valence-corrected chi connectivity index (χ4v) is 4.24. The van der Waals surface area contributed by atoms with Gasteiger partial charge in [-0.15, -0.1) is 0 Å². The van der Waals surface area contributed by atoms with Crippen LogP contribution in [0.1, 0.15) is 68.3 Å². The van der Waals surface area contributed by atoms with Crippen LogP contribution in [0.4, 0.5) is 0 Å². The Balaban J connectivity index is 1.58. The van der Waals surface area contributed by atoms with Gasteiger partial charge in [0.05, 0.1) is 5.56 Å². The number of benzene rings is 1. The van der Waals surface area contributed by atoms with Gasteiger partial charge in [0.1, 0.15) is 5.75 Å². The maximum atomic E-state index is 12.8. The average molecular weight is 373 g/mol. The van der Waals surface area contributed by atoms with Gasteiger partial charge in [0.15, 0.2) is 0 Å². The number of carbonyl (C=O) groups excluding carboxylic acids is 2. The van der Waals surface area contributed by atoms with Crippen LogP contribution < -0.4 is 0 Å². The Morgan fingerprint density at radius 2 is 1.78 bits per heavy atom. The minimum absolute atomic E-state index is 0.0243. The molecule has 1 N–H and O–H groups in total. The summed E-state index contributed by atoms with van der Waals surface area (Å²) in [4.78, 5) is 29.4. The molecule has 0 aliphatic carbocycles. The van der Waals surface area contributed by atoms with Crippen LogP contribution in [0.2, 0.25) is 0 Å². The molecule has 2 aliphatic rings. The van der Waals surface area contributed by atoms with Crippen LogP contribution in [0, 0.1) is 11.8 Å². The number of rotatable bonds is 3. The van der Waals surface area contributed by atoms with Gasteiger partial charge < -0.3 is 14.9 Å². The van der Waals surface area contributed by atoms with Gasteiger partial charge in [-0.25, -0.2) is 0 Å². The molecule has 2 fully saturated rings. The molecule has 0 unspecified atom stereocenters. The molecule has 0 spiro atoms. The van der Waals surface area contributed by atoms with Crippen molar-refractivity contribution in [3.05, 3.63) is 29.3 Å². The second-order valence-corrected chi connectivity index (χ2v) is 8.53. The van der Waals surface area contributed by atoms with E-state index in [1.165, 1.54) is 6.42 Å². The highest BCUT2D eigenvalue weighted by Crippen LogP contribution is 2.28. The van der Waals surface area contributed by atoms with Crippen molar-refractivity contribution >= 4 is 11.8 Å². The van der Waals surface area contributed by atoms with Gasteiger partial charge in [-0.05, 0) is 55.2 Å². The van der Waals surface area contributed by atoms with Crippen molar-refractivity contribution in [3.8, 4) is 5.75 Å². The molecule has 0 saturated carbocycles. The number of phenolic OH excluding ortho intramolecular Hbond substituents is 1. The van der Waals surface area contributed by atoms with Crippen LogP contribution in [-0.4, -0.2) is 52.9 Å². The molecule has 0 bridgehead atoms. The van der Waals surface area contributed by atoms with Crippen molar-refractivity contribution in [2.75, 3.05) is 26.2 Å². The van der Waals surface area contributed by atoms with E-state index in [4.69, 9.17) is 0 Å². The Bertz CT molecular complexity index is 693. The first kappa shape index (κ1) is 19.7. The average Bonchev–Trinajstić information content (AvgIpc) is 2.67. The molecule has 2 aliphatic heterocycles. The van der Waals surface area contributed by atoms with Crippen LogP contribution in [0.25, 0.3) is 0 Å². The highest BCUT2D eigenvalue weighted by atomic mass is 16.3. The van der Waals surface area contributed by atoms with Gasteiger partial charge in [0.25, 0.3) is 5.91 Å². The maximum absolute atomic E-state index is 12.8. The van der Waals surface area contributed by atoms with Crippen LogP contribution in [-0.2, 0) is 4.79 Å². The highest BCUT2D eigenvalue weighted by molar-refractivity contribution is 5.97. The summed E-state index contributed by atoms with van der Waals surface area (Å²) in [5.41, 5.74) is 1.37. The zero-order valence-corrected chi connectivity index (χ0v) is 16.8. The molecule has 2 saturated heterocycles. The summed E-state index contributed by atoms with van der Waals surface area (Å²) in [6.45, 7) is 9.21. The van der Waals surface area contributed by atoms with Crippen molar-refractivity contribution in [3.63, 3.8) is 0 Å². The maximum Gasteiger partial charge on any atom is 0.257 e. The molecule has 5 nitrogen and oxygen atoms in total. The first-order chi connectivity index (χ1) is 12.9. The summed E-state index contributed by atoms with van der Waals surface area (Å²) in [5, 5.41) is 10.3. The predicted molar refractivity (Wildman–Crippen MR) is 106 cm³/mol. The minimum Gasteiger partial charge on any atom is -0.507 e. The van der Waals surface area contributed by atoms with E-state index < -0.39 is 0 Å². The molecule has 2 heterocycles. The second kappa shape index (κ2) is 8.32. The zero-order chi connectivity index (χ0) is 19.6. The van der Waals surface area contributed by atoms with Crippen LogP contribution in [0.3, 0.4) is 0 Å². The van der Waals surface area contributed by atoms with Gasteiger partial charge in [-0.1, -0.05) is 26.8 Å². The summed E-state index contributed by atoms with van der Waals surface area (Å²) >= 11 is 0. The van der Waals surface area contributed by atoms with Crippen molar-refractivity contribution in [1.82, 2.24) is 9.80 Å². The summed E-state index contributed by atoms with van der Waals surface area (Å²) in [5.74, 6) is 1.08. The molecule has 1 aromatic rings. The standard InChI is InChI=1S/C22H32N2O3/c1-15(2)18-6-7-19(20(25)13-18)22(27)23-11-8-17(9-12-23)21(26)24-10-4-5-16(3)14-24/h6-7,13,15-17,25H,4-5,8-12,14H2,1-3H3/t16-/m0/s1. The number of hydrogen-bond acceptors (Lipinski definition) is 3. The molecule has 1 aromatic carbocycles. The van der Waals surface area contributed by atoms with E-state index in [0.29, 0.717) is 43.3 Å². The molecule has 5 heteroatoms. The zero-order valence-electron chi connectivity index (χ0n) is 16.8. The van der Waals surface area contributed by atoms with Crippen molar-refractivity contribution in [1.29, 1.82) is 0 Å². The first-order valence-corrected chi connectivity index (χ1v) is 10.3. The highest BCUT2D eigenvalue weighted by Gasteiger charge is 2.32. The number of aromatic hydroxyl groups is 1. The lowest BCUT2D eigenvalue weighted by Crippen LogP contribution is -2.47. The van der Waals surface area contributed by atoms with Crippen molar-refractivity contribution < 1.29 is 14.7 Å². The van der Waals surface area contributed by atoms with E-state index in [1.54, 1.807) is 17.0 Å². The Morgan fingerprint density at radius 1 is 1.07 bits per heavy atom. The smallest absolute Gasteiger partial charge is 0.257 e. The fourth-order valence-electron chi connectivity index (χ4n) is 4.24. The van der Waals surface area contributed by atoms with Gasteiger partial charge in [-0.3, -0.25) is 9.59 Å². The first-order valence-electron chi connectivity index (χ1n) is 10.3. The number of hydrogen-bond donors (Lipinski definition) is 1. The molecule has 0 aromatic heterocycles. The van der Waals surface area contributed by atoms with Crippen LogP contribution in [0.15, 0.2) is 18.2 Å². The van der Waals surface area contributed by atoms with E-state index in [-0.39, 0.29) is 23.5 Å². The number of nitrogens with zero attached hydrogens (tertiary/aromatic N) is 2. The van der Waals surface area contributed by atoms with Crippen LogP contribution in [0.5, 0.6) is 5.75 Å². The number of carbonyl (C=O) groups is 2. The Labute approximate surface area is 162 Å². The topological polar surface area (TPSA) is 60.9 Å². The number of likely N-dealkylation sites (tertiary alicyclic amines) is 2. The molecule has 1 atom stereocenters. The number of phenols is 1. The third kappa shape index (κ3) is 4.45. The van der Waals surface area contributed by atoms with E-state index in [9.17, 15) is 14.7 Å². The lowest BCUT2D eigenvalue weighted by Gasteiger charge is -2.37. The number of amides is 2. The molecule has 27 heavy (non-hydrogen) atoms. The van der Waals surface area contributed by atoms with Crippen molar-refractivity contribution in [2.24, 2.45) is 11.8 Å². The van der Waals surface area contributed by atoms with Gasteiger partial charge >= 0.3 is 0 Å². The van der Waals surface area contributed by atoms with Gasteiger partial charge in [-0.2, -0.15) is 0 Å². The number of piperidine rings is 2. The Kier molecular flexibility index (Phi) is 6.08. The molecule has 3 rings (SSSR count). The Hall–Kier alpha value is -2.04. The third-order valence-corrected chi connectivity index (χ3v) is 6.02. The fraction of sp³-hybridized carbons (Fsp3) is 0.636. The van der Waals surface area contributed by atoms with E-state index >= 15 is 0 Å². The van der Waals surface area contributed by atoms with Gasteiger partial charge in [0, 0.05) is 32.1 Å². The van der Waals surface area contributed by atoms with Gasteiger partial charge in [0.2, 0.25) is 5.91 Å². The SMILES string of the molecule is CC(C)c1ccc(C(=O)N2CCC(C(=O)N3CCC[C@H](C)C3)CC2)c(O)c1. The summed E-state index contributed by atoms with van der Waals surface area (Å²) in [7, 11) is 0. The molecule has 148 valence electrons. The summed E-state index contributed by atoms with van der Waals surface area (Å²) in [6.07, 6.45) is 3.71. The largest absolute Gasteiger partial charge is 0.507 e. The third-order valence-electron chi connectivity index (χ3n) is 6.02. The quantitative estimate of drug-likeness (QED) is 0.881. The van der Waals surface area contributed by atoms with E-state index in [0.717, 1.165) is 25.1 Å². The second-order valence-electron chi connectivity index (χ2n) is 8.53. The summed E-state index contributed by atoms with van der Waals surface area (Å²) in [6, 6.07) is 5.32. The monoisotopic (exact) mass is 372 g/mol. The lowest BCUT2D eigenvalue weighted by atomic mass is 9.92. The molecular weight excluding hydrogens is 340 g/mol. The van der Waals surface area contributed by atoms with E-state index in [2.05, 4.69) is 20.8 Å². The molecule has 2 amide bonds.